The summed E-state index contributed by atoms with van der Waals surface area (Å²) in [5, 5.41) is 14.6. The molecule has 120 valence electrons. The SMILES string of the molecule is CC1CCN(CC(O)CNCc2cc3ccccc3o2)CC1. The molecule has 1 saturated heterocycles. The highest BCUT2D eigenvalue weighted by molar-refractivity contribution is 5.77. The zero-order chi connectivity index (χ0) is 15.4. The number of hydrogen-bond acceptors (Lipinski definition) is 4. The molecule has 0 amide bonds. The molecule has 0 bridgehead atoms. The number of fused-ring (bicyclic) bond motifs is 1. The van der Waals surface area contributed by atoms with E-state index in [1.165, 1.54) is 12.8 Å². The molecule has 3 rings (SSSR count). The number of likely N-dealkylation sites (tertiary alicyclic amines) is 1. The molecule has 1 unspecified atom stereocenters. The minimum Gasteiger partial charge on any atom is -0.460 e. The molecule has 0 radical (unpaired) electrons. The van der Waals surface area contributed by atoms with Gasteiger partial charge in [-0.25, -0.2) is 0 Å². The number of piperidine rings is 1. The molecule has 0 aliphatic carbocycles. The lowest BCUT2D eigenvalue weighted by Gasteiger charge is -2.31. The highest BCUT2D eigenvalue weighted by Crippen LogP contribution is 2.18. The van der Waals surface area contributed by atoms with E-state index in [4.69, 9.17) is 4.42 Å². The van der Waals surface area contributed by atoms with Crippen LogP contribution in [0, 0.1) is 5.92 Å². The summed E-state index contributed by atoms with van der Waals surface area (Å²) in [5.74, 6) is 1.75. The molecular formula is C18H26N2O2. The first-order chi connectivity index (χ1) is 10.7. The van der Waals surface area contributed by atoms with Crippen LogP contribution < -0.4 is 5.32 Å². The van der Waals surface area contributed by atoms with Crippen LogP contribution in [0.2, 0.25) is 0 Å². The minimum atomic E-state index is -0.321. The van der Waals surface area contributed by atoms with E-state index < -0.39 is 0 Å². The van der Waals surface area contributed by atoms with Gasteiger partial charge in [0, 0.05) is 18.5 Å². The van der Waals surface area contributed by atoms with E-state index in [-0.39, 0.29) is 6.10 Å². The average Bonchev–Trinajstić information content (AvgIpc) is 2.92. The summed E-state index contributed by atoms with van der Waals surface area (Å²) >= 11 is 0. The molecule has 1 aliphatic rings. The number of para-hydroxylation sites is 1. The molecule has 4 nitrogen and oxygen atoms in total. The highest BCUT2D eigenvalue weighted by atomic mass is 16.3. The number of aliphatic hydroxyl groups excluding tert-OH is 1. The summed E-state index contributed by atoms with van der Waals surface area (Å²) in [6.45, 7) is 6.55. The molecule has 1 aromatic heterocycles. The molecule has 1 aliphatic heterocycles. The van der Waals surface area contributed by atoms with Gasteiger partial charge in [0.1, 0.15) is 11.3 Å². The number of nitrogens with zero attached hydrogens (tertiary/aromatic N) is 1. The van der Waals surface area contributed by atoms with Crippen molar-refractivity contribution >= 4 is 11.0 Å². The van der Waals surface area contributed by atoms with E-state index in [9.17, 15) is 5.11 Å². The smallest absolute Gasteiger partial charge is 0.134 e. The van der Waals surface area contributed by atoms with Crippen LogP contribution in [-0.4, -0.2) is 42.3 Å². The van der Waals surface area contributed by atoms with E-state index in [1.54, 1.807) is 0 Å². The second-order valence-electron chi connectivity index (χ2n) is 6.52. The average molecular weight is 302 g/mol. The fourth-order valence-corrected chi connectivity index (χ4v) is 3.09. The van der Waals surface area contributed by atoms with E-state index in [1.807, 2.05) is 18.2 Å². The molecule has 0 saturated carbocycles. The number of hydrogen-bond donors (Lipinski definition) is 2. The molecule has 2 aromatic rings. The number of benzene rings is 1. The monoisotopic (exact) mass is 302 g/mol. The number of rotatable bonds is 6. The van der Waals surface area contributed by atoms with Gasteiger partial charge in [-0.3, -0.25) is 0 Å². The zero-order valence-corrected chi connectivity index (χ0v) is 13.3. The van der Waals surface area contributed by atoms with Crippen molar-refractivity contribution in [3.63, 3.8) is 0 Å². The summed E-state index contributed by atoms with van der Waals surface area (Å²) in [5.41, 5.74) is 0.919. The highest BCUT2D eigenvalue weighted by Gasteiger charge is 2.18. The maximum atomic E-state index is 10.2. The van der Waals surface area contributed by atoms with E-state index in [0.717, 1.165) is 42.3 Å². The molecule has 1 atom stereocenters. The quantitative estimate of drug-likeness (QED) is 0.861. The Bertz CT molecular complexity index is 555. The van der Waals surface area contributed by atoms with Gasteiger partial charge in [-0.05, 0) is 44.0 Å². The Balaban J connectivity index is 1.40. The minimum absolute atomic E-state index is 0.321. The molecular weight excluding hydrogens is 276 g/mol. The Hall–Kier alpha value is -1.36. The summed E-state index contributed by atoms with van der Waals surface area (Å²) in [6, 6.07) is 10.1. The van der Waals surface area contributed by atoms with Crippen LogP contribution in [0.1, 0.15) is 25.5 Å². The normalized spacial score (nSPS) is 18.8. The zero-order valence-electron chi connectivity index (χ0n) is 13.3. The summed E-state index contributed by atoms with van der Waals surface area (Å²) in [7, 11) is 0. The van der Waals surface area contributed by atoms with Gasteiger partial charge in [-0.15, -0.1) is 0 Å². The van der Waals surface area contributed by atoms with Crippen LogP contribution in [-0.2, 0) is 6.54 Å². The maximum absolute atomic E-state index is 10.2. The van der Waals surface area contributed by atoms with Crippen molar-refractivity contribution in [3.8, 4) is 0 Å². The lowest BCUT2D eigenvalue weighted by atomic mass is 9.99. The lowest BCUT2D eigenvalue weighted by molar-refractivity contribution is 0.0904. The number of furan rings is 1. The van der Waals surface area contributed by atoms with Gasteiger partial charge in [0.2, 0.25) is 0 Å². The Morgan fingerprint density at radius 1 is 1.32 bits per heavy atom. The molecule has 22 heavy (non-hydrogen) atoms. The molecule has 0 spiro atoms. The van der Waals surface area contributed by atoms with Crippen molar-refractivity contribution in [1.82, 2.24) is 10.2 Å². The molecule has 2 heterocycles. The standard InChI is InChI=1S/C18H26N2O2/c1-14-6-8-20(9-7-14)13-16(21)11-19-12-17-10-15-4-2-3-5-18(15)22-17/h2-5,10,14,16,19,21H,6-9,11-13H2,1H3. The predicted molar refractivity (Wildman–Crippen MR) is 88.8 cm³/mol. The van der Waals surface area contributed by atoms with Crippen LogP contribution in [0.25, 0.3) is 11.0 Å². The third-order valence-electron chi connectivity index (χ3n) is 4.50. The van der Waals surface area contributed by atoms with Crippen molar-refractivity contribution < 1.29 is 9.52 Å². The summed E-state index contributed by atoms with van der Waals surface area (Å²) < 4.78 is 5.76. The lowest BCUT2D eigenvalue weighted by Crippen LogP contribution is -2.41. The van der Waals surface area contributed by atoms with Gasteiger partial charge in [-0.2, -0.15) is 0 Å². The van der Waals surface area contributed by atoms with Crippen LogP contribution in [0.3, 0.4) is 0 Å². The maximum Gasteiger partial charge on any atom is 0.134 e. The topological polar surface area (TPSA) is 48.6 Å². The van der Waals surface area contributed by atoms with Crippen LogP contribution in [0.4, 0.5) is 0 Å². The predicted octanol–water partition coefficient (Wildman–Crippen LogP) is 2.62. The summed E-state index contributed by atoms with van der Waals surface area (Å²) in [6.07, 6.45) is 2.18. The Morgan fingerprint density at radius 3 is 2.86 bits per heavy atom. The summed E-state index contributed by atoms with van der Waals surface area (Å²) in [4.78, 5) is 2.37. The van der Waals surface area contributed by atoms with Crippen LogP contribution in [0.15, 0.2) is 34.7 Å². The van der Waals surface area contributed by atoms with E-state index in [0.29, 0.717) is 13.1 Å². The molecule has 2 N–H and O–H groups in total. The second kappa shape index (κ2) is 7.27. The first-order valence-corrected chi connectivity index (χ1v) is 8.29. The van der Waals surface area contributed by atoms with Crippen molar-refractivity contribution in [2.75, 3.05) is 26.2 Å². The van der Waals surface area contributed by atoms with Gasteiger partial charge in [0.05, 0.1) is 12.6 Å². The number of nitrogens with one attached hydrogen (secondary N) is 1. The van der Waals surface area contributed by atoms with E-state index >= 15 is 0 Å². The van der Waals surface area contributed by atoms with Gasteiger partial charge in [0.25, 0.3) is 0 Å². The number of aliphatic hydroxyl groups is 1. The Kier molecular flexibility index (Phi) is 5.13. The van der Waals surface area contributed by atoms with Crippen molar-refractivity contribution in [1.29, 1.82) is 0 Å². The van der Waals surface area contributed by atoms with Crippen LogP contribution >= 0.6 is 0 Å². The fourth-order valence-electron chi connectivity index (χ4n) is 3.09. The Labute approximate surface area is 132 Å². The second-order valence-corrected chi connectivity index (χ2v) is 6.52. The van der Waals surface area contributed by atoms with Gasteiger partial charge < -0.3 is 19.7 Å². The fraction of sp³-hybridized carbons (Fsp3) is 0.556. The first-order valence-electron chi connectivity index (χ1n) is 8.29. The largest absolute Gasteiger partial charge is 0.460 e. The van der Waals surface area contributed by atoms with Crippen LogP contribution in [0.5, 0.6) is 0 Å². The van der Waals surface area contributed by atoms with Crippen molar-refractivity contribution in [2.45, 2.75) is 32.4 Å². The van der Waals surface area contributed by atoms with Crippen molar-refractivity contribution in [3.05, 3.63) is 36.1 Å². The van der Waals surface area contributed by atoms with Gasteiger partial charge >= 0.3 is 0 Å². The first kappa shape index (κ1) is 15.5. The van der Waals surface area contributed by atoms with Gasteiger partial charge in [0.15, 0.2) is 0 Å². The molecule has 4 heteroatoms. The third kappa shape index (κ3) is 4.09. The Morgan fingerprint density at radius 2 is 2.09 bits per heavy atom. The van der Waals surface area contributed by atoms with Gasteiger partial charge in [-0.1, -0.05) is 25.1 Å². The number of β-amino-alcohol motifs (C(OH)–C–C–N with tert-alkyl or cyclic N) is 1. The van der Waals surface area contributed by atoms with E-state index in [2.05, 4.69) is 29.3 Å². The van der Waals surface area contributed by atoms with Crippen molar-refractivity contribution in [2.24, 2.45) is 5.92 Å². The third-order valence-corrected chi connectivity index (χ3v) is 4.50. The molecule has 1 fully saturated rings. The molecule has 1 aromatic carbocycles.